The highest BCUT2D eigenvalue weighted by molar-refractivity contribution is 5.79. The van der Waals surface area contributed by atoms with Gasteiger partial charge < -0.3 is 28.7 Å². The molecule has 0 aromatic heterocycles. The van der Waals surface area contributed by atoms with E-state index in [1.54, 1.807) is 0 Å². The zero-order valence-electron chi connectivity index (χ0n) is 20.9. The van der Waals surface area contributed by atoms with Gasteiger partial charge in [0.1, 0.15) is 11.2 Å². The molecular weight excluding hydrogens is 420 g/mol. The first-order chi connectivity index (χ1) is 14.5. The Morgan fingerprint density at radius 2 is 0.938 bits per heavy atom. The number of carbonyl (C=O) groups is 4. The summed E-state index contributed by atoms with van der Waals surface area (Å²) < 4.78 is 19.7. The molecule has 0 bridgehead atoms. The van der Waals surface area contributed by atoms with Crippen molar-refractivity contribution >= 4 is 24.1 Å². The van der Waals surface area contributed by atoms with Gasteiger partial charge in [0.2, 0.25) is 0 Å². The van der Waals surface area contributed by atoms with E-state index in [1.165, 1.54) is 24.0 Å². The van der Waals surface area contributed by atoms with Crippen molar-refractivity contribution < 1.29 is 38.1 Å². The molecule has 10 nitrogen and oxygen atoms in total. The van der Waals surface area contributed by atoms with E-state index in [9.17, 15) is 19.2 Å². The largest absolute Gasteiger partial charge is 0.469 e. The first kappa shape index (κ1) is 27.5. The van der Waals surface area contributed by atoms with Crippen molar-refractivity contribution in [3.8, 4) is 0 Å². The lowest BCUT2D eigenvalue weighted by Gasteiger charge is -2.44. The highest BCUT2D eigenvalue weighted by Crippen LogP contribution is 2.28. The Labute approximate surface area is 190 Å². The van der Waals surface area contributed by atoms with Gasteiger partial charge >= 0.3 is 24.1 Å². The zero-order valence-corrected chi connectivity index (χ0v) is 20.9. The number of methoxy groups -OCH3 is 2. The van der Waals surface area contributed by atoms with Crippen molar-refractivity contribution in [2.45, 2.75) is 78.7 Å². The molecule has 4 atom stereocenters. The van der Waals surface area contributed by atoms with Gasteiger partial charge in [0.15, 0.2) is 0 Å². The average Bonchev–Trinajstić information content (AvgIpc) is 2.62. The van der Waals surface area contributed by atoms with Gasteiger partial charge in [-0.2, -0.15) is 0 Å². The van der Waals surface area contributed by atoms with Crippen LogP contribution in [-0.4, -0.2) is 84.5 Å². The third kappa shape index (κ3) is 7.27. The Kier molecular flexibility index (Phi) is 8.94. The molecule has 2 amide bonds. The summed E-state index contributed by atoms with van der Waals surface area (Å²) in [5.74, 6) is -0.991. The monoisotopic (exact) mass is 458 g/mol. The van der Waals surface area contributed by atoms with Gasteiger partial charge in [0.25, 0.3) is 0 Å². The Hall–Kier alpha value is -2.52. The Balaban J connectivity index is 0.000000320. The van der Waals surface area contributed by atoms with Crippen LogP contribution < -0.4 is 0 Å². The minimum atomic E-state index is -0.507. The van der Waals surface area contributed by atoms with E-state index in [0.29, 0.717) is 13.1 Å². The molecule has 0 aromatic rings. The van der Waals surface area contributed by atoms with E-state index in [2.05, 4.69) is 9.47 Å². The van der Waals surface area contributed by atoms with Gasteiger partial charge in [0.05, 0.1) is 26.1 Å². The van der Waals surface area contributed by atoms with Crippen molar-refractivity contribution in [1.82, 2.24) is 9.80 Å². The number of carbonyl (C=O) groups excluding carboxylic acids is 4. The summed E-state index contributed by atoms with van der Waals surface area (Å²) in [5, 5.41) is 0. The summed E-state index contributed by atoms with van der Waals surface area (Å²) in [7, 11) is 2.70. The van der Waals surface area contributed by atoms with Gasteiger partial charge in [-0.1, -0.05) is 0 Å². The summed E-state index contributed by atoms with van der Waals surface area (Å²) in [4.78, 5) is 48.9. The van der Waals surface area contributed by atoms with Gasteiger partial charge in [-0.3, -0.25) is 9.59 Å². The van der Waals surface area contributed by atoms with E-state index in [0.717, 1.165) is 0 Å². The molecule has 0 N–H and O–H groups in total. The van der Waals surface area contributed by atoms with Gasteiger partial charge in [0, 0.05) is 25.2 Å². The Bertz CT molecular complexity index is 650. The maximum atomic E-state index is 11.7. The fraction of sp³-hybridized carbons (Fsp3) is 0.818. The molecule has 0 radical (unpaired) electrons. The van der Waals surface area contributed by atoms with Crippen molar-refractivity contribution in [2.75, 3.05) is 27.3 Å². The number of rotatable bonds is 2. The van der Waals surface area contributed by atoms with Crippen LogP contribution in [0.15, 0.2) is 0 Å². The smallest absolute Gasteiger partial charge is 0.410 e. The van der Waals surface area contributed by atoms with E-state index in [-0.39, 0.29) is 48.0 Å². The van der Waals surface area contributed by atoms with Crippen LogP contribution in [0.2, 0.25) is 0 Å². The second-order valence-corrected chi connectivity index (χ2v) is 10.0. The zero-order chi connectivity index (χ0) is 25.0. The lowest BCUT2D eigenvalue weighted by Crippen LogP contribution is -2.60. The molecule has 2 aliphatic heterocycles. The number of nitrogens with zero attached hydrogens (tertiary/aromatic N) is 2. The quantitative estimate of drug-likeness (QED) is 0.459. The highest BCUT2D eigenvalue weighted by Gasteiger charge is 2.46. The molecule has 32 heavy (non-hydrogen) atoms. The average molecular weight is 459 g/mol. The van der Waals surface area contributed by atoms with E-state index in [4.69, 9.17) is 9.47 Å². The van der Waals surface area contributed by atoms with Crippen LogP contribution in [0.3, 0.4) is 0 Å². The molecule has 0 aliphatic carbocycles. The molecule has 0 unspecified atom stereocenters. The van der Waals surface area contributed by atoms with Crippen LogP contribution in [0.4, 0.5) is 9.59 Å². The third-order valence-electron chi connectivity index (χ3n) is 5.20. The highest BCUT2D eigenvalue weighted by atomic mass is 16.6. The second kappa shape index (κ2) is 10.4. The van der Waals surface area contributed by atoms with E-state index >= 15 is 0 Å². The first-order valence-electron chi connectivity index (χ1n) is 10.7. The fourth-order valence-electron chi connectivity index (χ4n) is 3.19. The van der Waals surface area contributed by atoms with Gasteiger partial charge in [-0.05, 0) is 55.4 Å². The summed E-state index contributed by atoms with van der Waals surface area (Å²) in [6.07, 6.45) is -0.750. The maximum Gasteiger partial charge on any atom is 0.410 e. The van der Waals surface area contributed by atoms with Crippen LogP contribution in [0.5, 0.6) is 0 Å². The predicted molar refractivity (Wildman–Crippen MR) is 116 cm³/mol. The summed E-state index contributed by atoms with van der Waals surface area (Å²) in [5.41, 5.74) is -1.01. The van der Waals surface area contributed by atoms with Gasteiger partial charge in [-0.25, -0.2) is 9.59 Å². The van der Waals surface area contributed by atoms with Crippen molar-refractivity contribution in [1.29, 1.82) is 0 Å². The van der Waals surface area contributed by atoms with Crippen molar-refractivity contribution in [2.24, 2.45) is 11.8 Å². The molecule has 0 saturated carbocycles. The van der Waals surface area contributed by atoms with Crippen molar-refractivity contribution in [3.63, 3.8) is 0 Å². The second-order valence-electron chi connectivity index (χ2n) is 10.0. The molecule has 2 saturated heterocycles. The van der Waals surface area contributed by atoms with Crippen LogP contribution >= 0.6 is 0 Å². The molecular formula is C22H38N2O8. The fourth-order valence-corrected chi connectivity index (χ4v) is 3.19. The number of ether oxygens (including phenoxy) is 4. The molecule has 2 fully saturated rings. The van der Waals surface area contributed by atoms with Crippen molar-refractivity contribution in [3.05, 3.63) is 0 Å². The molecule has 10 heteroatoms. The number of esters is 2. The molecule has 2 rings (SSSR count). The predicted octanol–water partition coefficient (Wildman–Crippen LogP) is 2.83. The number of hydrogen-bond donors (Lipinski definition) is 0. The van der Waals surface area contributed by atoms with Crippen LogP contribution in [0, 0.1) is 11.8 Å². The molecule has 2 aliphatic rings. The summed E-state index contributed by atoms with van der Waals surface area (Å²) in [6.45, 7) is 15.3. The SMILES string of the molecule is COC(=O)[C@@H]1CN(C(=O)OC(C)(C)C)[C@H]1C.COC(=O)[C@H]1CN(C(=O)OC(C)(C)C)[C@@H]1C. The standard InChI is InChI=1S/2C11H19NO4/c2*1-7-8(9(13)15-5)6-12(7)10(14)16-11(2,3)4/h2*7-8H,6H2,1-5H3/t2*7-,8+/m10/s1. The first-order valence-corrected chi connectivity index (χ1v) is 10.7. The third-order valence-corrected chi connectivity index (χ3v) is 5.20. The number of likely N-dealkylation sites (tertiary alicyclic amines) is 2. The van der Waals surface area contributed by atoms with Crippen LogP contribution in [-0.2, 0) is 28.5 Å². The van der Waals surface area contributed by atoms with E-state index in [1.807, 2.05) is 55.4 Å². The normalized spacial score (nSPS) is 24.7. The summed E-state index contributed by atoms with van der Waals surface area (Å²) >= 11 is 0. The summed E-state index contributed by atoms with van der Waals surface area (Å²) in [6, 6.07) is -0.301. The molecule has 0 spiro atoms. The molecule has 184 valence electrons. The lowest BCUT2D eigenvalue weighted by molar-refractivity contribution is -0.155. The lowest BCUT2D eigenvalue weighted by atomic mass is 9.90. The molecule has 0 aromatic carbocycles. The number of amides is 2. The minimum Gasteiger partial charge on any atom is -0.469 e. The van der Waals surface area contributed by atoms with Crippen LogP contribution in [0.1, 0.15) is 55.4 Å². The maximum absolute atomic E-state index is 11.7. The molecule has 2 heterocycles. The Morgan fingerprint density at radius 3 is 1.12 bits per heavy atom. The Morgan fingerprint density at radius 1 is 0.656 bits per heavy atom. The minimum absolute atomic E-state index is 0.151. The van der Waals surface area contributed by atoms with Crippen LogP contribution in [0.25, 0.3) is 0 Å². The number of hydrogen-bond acceptors (Lipinski definition) is 8. The van der Waals surface area contributed by atoms with Gasteiger partial charge in [-0.15, -0.1) is 0 Å². The topological polar surface area (TPSA) is 112 Å². The van der Waals surface area contributed by atoms with E-state index < -0.39 is 11.2 Å².